The minimum Gasteiger partial charge on any atom is -0.313 e. The molecule has 4 nitrogen and oxygen atoms in total. The summed E-state index contributed by atoms with van der Waals surface area (Å²) < 4.78 is 2.04. The third-order valence-electron chi connectivity index (χ3n) is 5.45. The third-order valence-corrected chi connectivity index (χ3v) is 9.13. The Hall–Kier alpha value is -1.48. The lowest BCUT2D eigenvalue weighted by molar-refractivity contribution is 0.102. The average molecular weight is 509 g/mol. The summed E-state index contributed by atoms with van der Waals surface area (Å²) in [6.45, 7) is 6.32. The second-order valence-electron chi connectivity index (χ2n) is 7.70. The van der Waals surface area contributed by atoms with E-state index < -0.39 is 0 Å². The second-order valence-corrected chi connectivity index (χ2v) is 12.1. The molecule has 0 atom stereocenters. The van der Waals surface area contributed by atoms with Crippen molar-refractivity contribution in [2.24, 2.45) is 0 Å². The fourth-order valence-electron chi connectivity index (χ4n) is 3.82. The molecule has 31 heavy (non-hydrogen) atoms. The summed E-state index contributed by atoms with van der Waals surface area (Å²) in [5.74, 6) is -0.241. The molecule has 160 valence electrons. The second kappa shape index (κ2) is 8.46. The van der Waals surface area contributed by atoms with Crippen LogP contribution in [-0.4, -0.2) is 28.4 Å². The molecule has 0 saturated heterocycles. The summed E-state index contributed by atoms with van der Waals surface area (Å²) in [4.78, 5) is 21.7. The van der Waals surface area contributed by atoms with Gasteiger partial charge in [-0.05, 0) is 44.0 Å². The largest absolute Gasteiger partial charge is 0.313 e. The van der Waals surface area contributed by atoms with E-state index in [0.29, 0.717) is 20.3 Å². The van der Waals surface area contributed by atoms with Crippen molar-refractivity contribution in [3.63, 3.8) is 0 Å². The standard InChI is InChI=1S/C22H19Cl2N3OS3/c1-11(2)27-8-7-12-16(10-27)30-22(26-20(28)13-9-17(23)31-19(13)24)18(12)21-25-14-5-3-4-6-15(14)29-21/h3-6,9,11H,7-8,10H2,1-2H3,(H,26,28). The molecular formula is C22H19Cl2N3OS3. The number of thiophene rings is 2. The highest BCUT2D eigenvalue weighted by Crippen LogP contribution is 2.46. The fraction of sp³-hybridized carbons (Fsp3) is 0.273. The average Bonchev–Trinajstić information content (AvgIpc) is 3.40. The molecule has 0 spiro atoms. The molecule has 3 aromatic heterocycles. The van der Waals surface area contributed by atoms with E-state index in [2.05, 4.69) is 30.1 Å². The van der Waals surface area contributed by atoms with E-state index in [0.717, 1.165) is 45.3 Å². The third kappa shape index (κ3) is 4.03. The number of thiazole rings is 1. The van der Waals surface area contributed by atoms with Crippen LogP contribution in [0.25, 0.3) is 20.8 Å². The molecule has 5 rings (SSSR count). The summed E-state index contributed by atoms with van der Waals surface area (Å²) in [5.41, 5.74) is 3.73. The highest BCUT2D eigenvalue weighted by Gasteiger charge is 2.29. The molecule has 0 unspecified atom stereocenters. The molecule has 1 N–H and O–H groups in total. The molecular weight excluding hydrogens is 489 g/mol. The number of halogens is 2. The van der Waals surface area contributed by atoms with Crippen LogP contribution in [0.1, 0.15) is 34.6 Å². The van der Waals surface area contributed by atoms with Crippen LogP contribution in [-0.2, 0) is 13.0 Å². The first-order chi connectivity index (χ1) is 14.9. The number of carbonyl (C=O) groups is 1. The van der Waals surface area contributed by atoms with Crippen molar-refractivity contribution in [3.8, 4) is 10.6 Å². The molecule has 1 aliphatic heterocycles. The number of anilines is 1. The van der Waals surface area contributed by atoms with Crippen molar-refractivity contribution in [3.05, 3.63) is 55.0 Å². The highest BCUT2D eigenvalue weighted by molar-refractivity contribution is 7.23. The molecule has 0 aliphatic carbocycles. The van der Waals surface area contributed by atoms with Crippen LogP contribution >= 0.6 is 57.2 Å². The van der Waals surface area contributed by atoms with Crippen molar-refractivity contribution >= 4 is 78.3 Å². The molecule has 1 aliphatic rings. The van der Waals surface area contributed by atoms with Crippen molar-refractivity contribution in [1.82, 2.24) is 9.88 Å². The van der Waals surface area contributed by atoms with Gasteiger partial charge in [-0.15, -0.1) is 34.0 Å². The Morgan fingerprint density at radius 2 is 2.00 bits per heavy atom. The number of rotatable bonds is 4. The van der Waals surface area contributed by atoms with Gasteiger partial charge < -0.3 is 5.32 Å². The number of fused-ring (bicyclic) bond motifs is 2. The van der Waals surface area contributed by atoms with E-state index in [-0.39, 0.29) is 5.91 Å². The minimum absolute atomic E-state index is 0.241. The number of amides is 1. The monoisotopic (exact) mass is 507 g/mol. The van der Waals surface area contributed by atoms with Gasteiger partial charge in [-0.25, -0.2) is 4.98 Å². The first kappa shape index (κ1) is 21.4. The number of para-hydroxylation sites is 1. The van der Waals surface area contributed by atoms with Crippen LogP contribution in [0.4, 0.5) is 5.00 Å². The van der Waals surface area contributed by atoms with Gasteiger partial charge in [-0.1, -0.05) is 35.3 Å². The lowest BCUT2D eigenvalue weighted by Crippen LogP contribution is -2.35. The first-order valence-corrected chi connectivity index (χ1v) is 13.1. The van der Waals surface area contributed by atoms with Crippen molar-refractivity contribution < 1.29 is 4.79 Å². The van der Waals surface area contributed by atoms with Gasteiger partial charge in [-0.3, -0.25) is 9.69 Å². The molecule has 0 bridgehead atoms. The van der Waals surface area contributed by atoms with Crippen LogP contribution in [0.3, 0.4) is 0 Å². The molecule has 1 aromatic carbocycles. The maximum Gasteiger partial charge on any atom is 0.258 e. The number of aromatic nitrogens is 1. The van der Waals surface area contributed by atoms with E-state index >= 15 is 0 Å². The van der Waals surface area contributed by atoms with Crippen LogP contribution in [0, 0.1) is 0 Å². The van der Waals surface area contributed by atoms with Gasteiger partial charge in [-0.2, -0.15) is 0 Å². The molecule has 0 fully saturated rings. The smallest absolute Gasteiger partial charge is 0.258 e. The Labute approximate surface area is 202 Å². The Bertz CT molecular complexity index is 1260. The number of hydrogen-bond donors (Lipinski definition) is 1. The van der Waals surface area contributed by atoms with Gasteiger partial charge in [0.1, 0.15) is 14.3 Å². The van der Waals surface area contributed by atoms with Crippen LogP contribution in [0.15, 0.2) is 30.3 Å². The number of benzene rings is 1. The van der Waals surface area contributed by atoms with E-state index in [9.17, 15) is 4.79 Å². The zero-order valence-electron chi connectivity index (χ0n) is 16.9. The number of hydrogen-bond acceptors (Lipinski definition) is 6. The predicted molar refractivity (Wildman–Crippen MR) is 134 cm³/mol. The fourth-order valence-corrected chi connectivity index (χ4v) is 7.66. The van der Waals surface area contributed by atoms with Crippen molar-refractivity contribution in [2.45, 2.75) is 32.9 Å². The summed E-state index contributed by atoms with van der Waals surface area (Å²) in [7, 11) is 0. The van der Waals surface area contributed by atoms with Crippen LogP contribution in [0.5, 0.6) is 0 Å². The zero-order chi connectivity index (χ0) is 21.7. The zero-order valence-corrected chi connectivity index (χ0v) is 20.8. The lowest BCUT2D eigenvalue weighted by Gasteiger charge is -2.30. The lowest BCUT2D eigenvalue weighted by atomic mass is 10.0. The Morgan fingerprint density at radius 3 is 2.71 bits per heavy atom. The van der Waals surface area contributed by atoms with E-state index in [1.807, 2.05) is 18.2 Å². The molecule has 0 saturated carbocycles. The van der Waals surface area contributed by atoms with E-state index in [1.165, 1.54) is 21.8 Å². The summed E-state index contributed by atoms with van der Waals surface area (Å²) in [6.07, 6.45) is 0.941. The Morgan fingerprint density at radius 1 is 1.19 bits per heavy atom. The van der Waals surface area contributed by atoms with E-state index in [1.54, 1.807) is 28.7 Å². The number of carbonyl (C=O) groups excluding carboxylic acids is 1. The first-order valence-electron chi connectivity index (χ1n) is 9.91. The number of nitrogens with one attached hydrogen (secondary N) is 1. The quantitative estimate of drug-likeness (QED) is 0.312. The van der Waals surface area contributed by atoms with Crippen LogP contribution in [0.2, 0.25) is 8.67 Å². The maximum absolute atomic E-state index is 13.0. The molecule has 4 heterocycles. The predicted octanol–water partition coefficient (Wildman–Crippen LogP) is 7.41. The summed E-state index contributed by atoms with van der Waals surface area (Å²) in [5, 5.41) is 4.89. The van der Waals surface area contributed by atoms with Gasteiger partial charge in [0.05, 0.1) is 20.1 Å². The molecule has 4 aromatic rings. The molecule has 9 heteroatoms. The maximum atomic E-state index is 13.0. The highest BCUT2D eigenvalue weighted by atomic mass is 35.5. The van der Waals surface area contributed by atoms with Gasteiger partial charge in [0, 0.05) is 29.6 Å². The van der Waals surface area contributed by atoms with E-state index in [4.69, 9.17) is 28.2 Å². The normalized spacial score (nSPS) is 14.4. The Kier molecular flexibility index (Phi) is 5.83. The van der Waals surface area contributed by atoms with Gasteiger partial charge in [0.25, 0.3) is 5.91 Å². The van der Waals surface area contributed by atoms with Gasteiger partial charge in [0.2, 0.25) is 0 Å². The minimum atomic E-state index is -0.241. The summed E-state index contributed by atoms with van der Waals surface area (Å²) >= 11 is 16.8. The summed E-state index contributed by atoms with van der Waals surface area (Å²) in [6, 6.07) is 10.2. The molecule has 0 radical (unpaired) electrons. The molecule has 1 amide bonds. The van der Waals surface area contributed by atoms with Gasteiger partial charge in [0.15, 0.2) is 0 Å². The van der Waals surface area contributed by atoms with Gasteiger partial charge >= 0.3 is 0 Å². The SMILES string of the molecule is CC(C)N1CCc2c(sc(NC(=O)c3cc(Cl)sc3Cl)c2-c2nc3ccccc3s2)C1. The van der Waals surface area contributed by atoms with Crippen molar-refractivity contribution in [1.29, 1.82) is 0 Å². The van der Waals surface area contributed by atoms with Crippen LogP contribution < -0.4 is 5.32 Å². The Balaban J connectivity index is 1.59. The van der Waals surface area contributed by atoms with Crippen molar-refractivity contribution in [2.75, 3.05) is 11.9 Å². The topological polar surface area (TPSA) is 45.2 Å². The number of nitrogens with zero attached hydrogens (tertiary/aromatic N) is 2.